The molecule has 0 saturated carbocycles. The van der Waals surface area contributed by atoms with Crippen molar-refractivity contribution in [3.05, 3.63) is 42.7 Å². The lowest BCUT2D eigenvalue weighted by molar-refractivity contribution is -0.136. The van der Waals surface area contributed by atoms with E-state index in [4.69, 9.17) is 10.5 Å². The van der Waals surface area contributed by atoms with Gasteiger partial charge in [-0.2, -0.15) is 5.10 Å². The van der Waals surface area contributed by atoms with Gasteiger partial charge in [0.15, 0.2) is 0 Å². The topological polar surface area (TPSA) is 130 Å². The molecule has 9 heteroatoms. The maximum Gasteiger partial charge on any atom is 0.233 e. The number of hydrogen-bond donors (Lipinski definition) is 3. The highest BCUT2D eigenvalue weighted by Gasteiger charge is 2.43. The number of benzene rings is 1. The molecule has 2 bridgehead atoms. The number of hydrogen-bond acceptors (Lipinski definition) is 7. The van der Waals surface area contributed by atoms with Gasteiger partial charge in [-0.1, -0.05) is 6.07 Å². The second-order valence-corrected chi connectivity index (χ2v) is 8.41. The molecule has 0 aliphatic carbocycles. The van der Waals surface area contributed by atoms with E-state index in [0.29, 0.717) is 30.1 Å². The zero-order valence-corrected chi connectivity index (χ0v) is 17.6. The predicted octanol–water partition coefficient (Wildman–Crippen LogP) is 2.49. The largest absolute Gasteiger partial charge is 0.507 e. The second-order valence-electron chi connectivity index (χ2n) is 8.41. The monoisotopic (exact) mass is 434 g/mol. The summed E-state index contributed by atoms with van der Waals surface area (Å²) in [5.74, 6) is 0.730. The Labute approximate surface area is 185 Å². The van der Waals surface area contributed by atoms with Gasteiger partial charge < -0.3 is 20.5 Å². The summed E-state index contributed by atoms with van der Waals surface area (Å²) in [7, 11) is 0. The third kappa shape index (κ3) is 3.91. The van der Waals surface area contributed by atoms with Crippen molar-refractivity contribution in [3.63, 3.8) is 0 Å². The lowest BCUT2D eigenvalue weighted by atomic mass is 9.99. The molecule has 0 spiro atoms. The average molecular weight is 435 g/mol. The molecule has 3 atom stereocenters. The molecule has 4 N–H and O–H groups in total. The first kappa shape index (κ1) is 20.4. The summed E-state index contributed by atoms with van der Waals surface area (Å²) >= 11 is 0. The molecule has 2 aromatic heterocycles. The molecular weight excluding hydrogens is 408 g/mol. The summed E-state index contributed by atoms with van der Waals surface area (Å²) in [5.41, 5.74) is 8.48. The Morgan fingerprint density at radius 1 is 1.16 bits per heavy atom. The molecule has 32 heavy (non-hydrogen) atoms. The summed E-state index contributed by atoms with van der Waals surface area (Å²) < 4.78 is 6.10. The number of fused-ring (bicyclic) bond motifs is 2. The van der Waals surface area contributed by atoms with Gasteiger partial charge in [0.1, 0.15) is 11.9 Å². The van der Waals surface area contributed by atoms with E-state index in [1.54, 1.807) is 30.6 Å². The summed E-state index contributed by atoms with van der Waals surface area (Å²) in [6, 6.07) is 9.41. The van der Waals surface area contributed by atoms with Crippen LogP contribution in [0.4, 0.5) is 0 Å². The minimum Gasteiger partial charge on any atom is -0.507 e. The van der Waals surface area contributed by atoms with Crippen molar-refractivity contribution in [2.24, 2.45) is 5.73 Å². The van der Waals surface area contributed by atoms with Gasteiger partial charge in [-0.05, 0) is 36.6 Å². The second kappa shape index (κ2) is 8.58. The van der Waals surface area contributed by atoms with Crippen LogP contribution in [0.5, 0.6) is 11.6 Å². The zero-order valence-electron chi connectivity index (χ0n) is 17.6. The number of aromatic amines is 1. The Morgan fingerprint density at radius 2 is 1.97 bits per heavy atom. The molecular formula is C23H26N6O3. The van der Waals surface area contributed by atoms with Crippen molar-refractivity contribution in [2.75, 3.05) is 6.54 Å². The summed E-state index contributed by atoms with van der Waals surface area (Å²) in [6.07, 6.45) is 7.51. The first-order valence-corrected chi connectivity index (χ1v) is 11.0. The molecule has 2 aliphatic rings. The fourth-order valence-corrected chi connectivity index (χ4v) is 4.92. The number of nitrogens with zero attached hydrogens (tertiary/aromatic N) is 4. The van der Waals surface area contributed by atoms with Gasteiger partial charge in [-0.15, -0.1) is 10.2 Å². The van der Waals surface area contributed by atoms with Crippen molar-refractivity contribution in [2.45, 2.75) is 50.3 Å². The van der Waals surface area contributed by atoms with Crippen molar-refractivity contribution in [3.8, 4) is 34.0 Å². The van der Waals surface area contributed by atoms with E-state index in [-0.39, 0.29) is 29.8 Å². The average Bonchev–Trinajstić information content (AvgIpc) is 3.42. The van der Waals surface area contributed by atoms with Crippen molar-refractivity contribution in [1.82, 2.24) is 25.3 Å². The Hall–Kier alpha value is -3.46. The lowest BCUT2D eigenvalue weighted by Crippen LogP contribution is -2.49. The Morgan fingerprint density at radius 3 is 2.59 bits per heavy atom. The van der Waals surface area contributed by atoms with Gasteiger partial charge >= 0.3 is 0 Å². The quantitative estimate of drug-likeness (QED) is 0.543. The first-order chi connectivity index (χ1) is 15.6. The lowest BCUT2D eigenvalue weighted by Gasteiger charge is -2.38. The molecule has 1 amide bonds. The number of amides is 1. The zero-order chi connectivity index (χ0) is 22.1. The van der Waals surface area contributed by atoms with Crippen LogP contribution in [0.15, 0.2) is 42.7 Å². The SMILES string of the molecule is NCCC(=O)N1[C@@H]2CC[C@H]1CC(Oc1ccc(-c3ccc(-c4cn[nH]c4)cc3O)nn1)C2. The highest BCUT2D eigenvalue weighted by molar-refractivity contribution is 5.77. The number of H-pyrrole nitrogens is 1. The Balaban J connectivity index is 1.25. The van der Waals surface area contributed by atoms with Crippen molar-refractivity contribution in [1.29, 1.82) is 0 Å². The number of aromatic nitrogens is 4. The molecule has 9 nitrogen and oxygen atoms in total. The molecule has 2 fully saturated rings. The molecule has 0 radical (unpaired) electrons. The van der Waals surface area contributed by atoms with Crippen LogP contribution in [0.2, 0.25) is 0 Å². The predicted molar refractivity (Wildman–Crippen MR) is 118 cm³/mol. The van der Waals surface area contributed by atoms with Crippen molar-refractivity contribution < 1.29 is 14.6 Å². The van der Waals surface area contributed by atoms with Crippen LogP contribution in [0.25, 0.3) is 22.4 Å². The number of nitrogens with one attached hydrogen (secondary N) is 1. The summed E-state index contributed by atoms with van der Waals surface area (Å²) in [6.45, 7) is 0.387. The number of aromatic hydroxyl groups is 1. The van der Waals surface area contributed by atoms with Crippen LogP contribution < -0.4 is 10.5 Å². The van der Waals surface area contributed by atoms with E-state index < -0.39 is 0 Å². The van der Waals surface area contributed by atoms with Crippen LogP contribution >= 0.6 is 0 Å². The maximum absolute atomic E-state index is 12.4. The standard InChI is InChI=1S/C23H26N6O3/c24-8-7-23(31)29-16-2-3-17(29)11-18(10-16)32-22-6-5-20(27-28-22)19-4-1-14(9-21(19)30)15-12-25-26-13-15/h1,4-6,9,12-13,16-18,30H,2-3,7-8,10-11,24H2,(H,25,26)/t16-,17+,18?. The molecule has 4 heterocycles. The third-order valence-electron chi connectivity index (χ3n) is 6.37. The summed E-state index contributed by atoms with van der Waals surface area (Å²) in [5, 5.41) is 25.7. The van der Waals surface area contributed by atoms with Crippen molar-refractivity contribution >= 4 is 5.91 Å². The number of piperidine rings is 1. The van der Waals surface area contributed by atoms with Gasteiger partial charge in [-0.25, -0.2) is 0 Å². The highest BCUT2D eigenvalue weighted by atomic mass is 16.5. The van der Waals surface area contributed by atoms with Crippen LogP contribution in [-0.2, 0) is 4.79 Å². The molecule has 3 aromatic rings. The molecule has 2 aliphatic heterocycles. The van der Waals surface area contributed by atoms with E-state index >= 15 is 0 Å². The number of rotatable bonds is 6. The maximum atomic E-state index is 12.4. The van der Waals surface area contributed by atoms with Crippen LogP contribution in [0.1, 0.15) is 32.1 Å². The fourth-order valence-electron chi connectivity index (χ4n) is 4.92. The number of phenols is 1. The number of nitrogens with two attached hydrogens (primary N) is 1. The molecule has 166 valence electrons. The van der Waals surface area contributed by atoms with E-state index in [9.17, 15) is 9.90 Å². The smallest absolute Gasteiger partial charge is 0.233 e. The van der Waals surface area contributed by atoms with Crippen LogP contribution in [-0.4, -0.2) is 61.0 Å². The first-order valence-electron chi connectivity index (χ1n) is 11.0. The minimum atomic E-state index is 0.0113. The minimum absolute atomic E-state index is 0.0113. The molecule has 1 unspecified atom stereocenters. The van der Waals surface area contributed by atoms with Gasteiger partial charge in [0.2, 0.25) is 11.8 Å². The highest BCUT2D eigenvalue weighted by Crippen LogP contribution is 2.38. The molecule has 5 rings (SSSR count). The third-order valence-corrected chi connectivity index (χ3v) is 6.37. The van der Waals surface area contributed by atoms with E-state index in [0.717, 1.165) is 36.8 Å². The van der Waals surface area contributed by atoms with Gasteiger partial charge in [0.05, 0.1) is 11.9 Å². The van der Waals surface area contributed by atoms with Crippen LogP contribution in [0, 0.1) is 0 Å². The number of carbonyl (C=O) groups is 1. The van der Waals surface area contributed by atoms with Gasteiger partial charge in [0.25, 0.3) is 0 Å². The molecule has 2 saturated heterocycles. The number of carbonyl (C=O) groups excluding carboxylic acids is 1. The Bertz CT molecular complexity index is 1070. The Kier molecular flexibility index (Phi) is 5.48. The summed E-state index contributed by atoms with van der Waals surface area (Å²) in [4.78, 5) is 14.4. The molecule has 1 aromatic carbocycles. The van der Waals surface area contributed by atoms with E-state index in [1.807, 2.05) is 17.0 Å². The normalized spacial score (nSPS) is 22.2. The number of phenolic OH excluding ortho intramolecular Hbond substituents is 1. The van der Waals surface area contributed by atoms with Gasteiger partial charge in [0, 0.05) is 61.3 Å². The van der Waals surface area contributed by atoms with Crippen LogP contribution in [0.3, 0.4) is 0 Å². The van der Waals surface area contributed by atoms with E-state index in [1.165, 1.54) is 0 Å². The van der Waals surface area contributed by atoms with E-state index in [2.05, 4.69) is 20.4 Å². The number of ether oxygens (including phenoxy) is 1. The van der Waals surface area contributed by atoms with Gasteiger partial charge in [-0.3, -0.25) is 9.89 Å². The fraction of sp³-hybridized carbons (Fsp3) is 0.391.